The second-order valence-corrected chi connectivity index (χ2v) is 8.28. The van der Waals surface area contributed by atoms with Crippen LogP contribution in [0.2, 0.25) is 0 Å². The second kappa shape index (κ2) is 10.4. The molecule has 2 aromatic rings. The van der Waals surface area contributed by atoms with E-state index in [1.165, 1.54) is 37.9 Å². The number of hydrogen-bond donors (Lipinski definition) is 1. The number of nitrogens with zero attached hydrogens (tertiary/aromatic N) is 1. The first-order chi connectivity index (χ1) is 12.5. The van der Waals surface area contributed by atoms with Crippen molar-refractivity contribution in [2.75, 3.05) is 25.5 Å². The van der Waals surface area contributed by atoms with Crippen LogP contribution in [-0.4, -0.2) is 30.5 Å². The molecular formula is C22H26BrIN2O. The van der Waals surface area contributed by atoms with Gasteiger partial charge in [0.25, 0.3) is 0 Å². The molecule has 0 saturated carbocycles. The molecule has 144 valence electrons. The maximum absolute atomic E-state index is 12.2. The van der Waals surface area contributed by atoms with Gasteiger partial charge in [0, 0.05) is 21.8 Å². The molecule has 1 aliphatic rings. The molecule has 3 rings (SSSR count). The molecule has 0 atom stereocenters. The van der Waals surface area contributed by atoms with Gasteiger partial charge in [0.2, 0.25) is 5.91 Å². The first kappa shape index (κ1) is 22.1. The quantitative estimate of drug-likeness (QED) is 0.352. The van der Waals surface area contributed by atoms with Crippen LogP contribution in [0.25, 0.3) is 6.08 Å². The highest BCUT2D eigenvalue weighted by Gasteiger charge is 2.24. The number of nitrogens with one attached hydrogen (secondary N) is 1. The van der Waals surface area contributed by atoms with Crippen LogP contribution in [0.4, 0.5) is 5.69 Å². The van der Waals surface area contributed by atoms with Crippen LogP contribution in [0, 0.1) is 0 Å². The molecule has 0 unspecified atom stereocenters. The zero-order valence-corrected chi connectivity index (χ0v) is 19.4. The maximum atomic E-state index is 12.2. The Hall–Kier alpha value is -1.18. The highest BCUT2D eigenvalue weighted by atomic mass is 127. The third kappa shape index (κ3) is 7.05. The van der Waals surface area contributed by atoms with Gasteiger partial charge in [0.1, 0.15) is 6.54 Å². The van der Waals surface area contributed by atoms with E-state index in [9.17, 15) is 4.79 Å². The molecule has 0 spiro atoms. The molecule has 0 bridgehead atoms. The van der Waals surface area contributed by atoms with E-state index in [4.69, 9.17) is 0 Å². The van der Waals surface area contributed by atoms with Gasteiger partial charge in [-0.1, -0.05) is 40.2 Å². The van der Waals surface area contributed by atoms with E-state index in [1.807, 2.05) is 42.5 Å². The van der Waals surface area contributed by atoms with E-state index < -0.39 is 0 Å². The number of anilines is 1. The Balaban J connectivity index is 0.00000261. The first-order valence-electron chi connectivity index (χ1n) is 9.20. The van der Waals surface area contributed by atoms with E-state index >= 15 is 0 Å². The summed E-state index contributed by atoms with van der Waals surface area (Å²) < 4.78 is 2.10. The lowest BCUT2D eigenvalue weighted by Gasteiger charge is -2.38. The molecule has 5 heteroatoms. The summed E-state index contributed by atoms with van der Waals surface area (Å²) in [4.78, 5) is 12.2. The zero-order valence-electron chi connectivity index (χ0n) is 15.6. The predicted molar refractivity (Wildman–Crippen MR) is 112 cm³/mol. The first-order valence-corrected chi connectivity index (χ1v) is 9.99. The lowest BCUT2D eigenvalue weighted by molar-refractivity contribution is -0.926. The fraction of sp³-hybridized carbons (Fsp3) is 0.318. The van der Waals surface area contributed by atoms with Gasteiger partial charge >= 0.3 is 0 Å². The SMILES string of the molecule is C[N+]1(Cc2cccc(NC(=O)/C=C/c3cccc(Br)c3)c2)CCCCC1.[I-]. The number of carbonyl (C=O) groups excluding carboxylic acids is 1. The van der Waals surface area contributed by atoms with Crippen molar-refractivity contribution in [1.82, 2.24) is 0 Å². The fourth-order valence-corrected chi connectivity index (χ4v) is 4.00. The smallest absolute Gasteiger partial charge is 0.248 e. The number of amides is 1. The van der Waals surface area contributed by atoms with Crippen LogP contribution in [0.1, 0.15) is 30.4 Å². The van der Waals surface area contributed by atoms with Crippen LogP contribution >= 0.6 is 15.9 Å². The van der Waals surface area contributed by atoms with E-state index in [0.717, 1.165) is 26.8 Å². The molecule has 1 saturated heterocycles. The van der Waals surface area contributed by atoms with Crippen LogP contribution in [0.5, 0.6) is 0 Å². The average Bonchev–Trinajstić information content (AvgIpc) is 2.61. The van der Waals surface area contributed by atoms with Crippen molar-refractivity contribution in [2.45, 2.75) is 25.8 Å². The minimum atomic E-state index is -0.111. The number of piperidine rings is 1. The minimum absolute atomic E-state index is 0. The molecule has 0 aliphatic carbocycles. The standard InChI is InChI=1S/C22H25BrN2O.HI/c1-25(13-3-2-4-14-25)17-19-8-6-10-21(16-19)24-22(26)12-11-18-7-5-9-20(23)15-18;/h5-12,15-16H,2-4,13-14,17H2,1H3;1H/b12-11+;. The van der Waals surface area contributed by atoms with Crippen LogP contribution in [0.3, 0.4) is 0 Å². The molecule has 0 aromatic heterocycles. The predicted octanol–water partition coefficient (Wildman–Crippen LogP) is 2.24. The maximum Gasteiger partial charge on any atom is 0.248 e. The fourth-order valence-electron chi connectivity index (χ4n) is 3.59. The van der Waals surface area contributed by atoms with Crippen molar-refractivity contribution < 1.29 is 33.3 Å². The van der Waals surface area contributed by atoms with Gasteiger partial charge in [0.05, 0.1) is 20.1 Å². The van der Waals surface area contributed by atoms with Crippen molar-refractivity contribution in [3.05, 3.63) is 70.2 Å². The summed E-state index contributed by atoms with van der Waals surface area (Å²) in [5.74, 6) is -0.111. The molecular weight excluding hydrogens is 515 g/mol. The van der Waals surface area contributed by atoms with Crippen molar-refractivity contribution in [3.8, 4) is 0 Å². The molecule has 2 aromatic carbocycles. The number of halogens is 2. The molecule has 3 nitrogen and oxygen atoms in total. The topological polar surface area (TPSA) is 29.1 Å². The van der Waals surface area contributed by atoms with Gasteiger partial charge in [-0.2, -0.15) is 0 Å². The Morgan fingerprint density at radius 1 is 1.11 bits per heavy atom. The van der Waals surface area contributed by atoms with E-state index in [0.29, 0.717) is 0 Å². The molecule has 1 aliphatic heterocycles. The summed E-state index contributed by atoms with van der Waals surface area (Å²) in [6, 6.07) is 16.1. The third-order valence-electron chi connectivity index (χ3n) is 4.93. The van der Waals surface area contributed by atoms with Crippen LogP contribution < -0.4 is 29.3 Å². The summed E-state index contributed by atoms with van der Waals surface area (Å²) in [6.45, 7) is 3.51. The van der Waals surface area contributed by atoms with Crippen LogP contribution in [0.15, 0.2) is 59.1 Å². The van der Waals surface area contributed by atoms with Crippen molar-refractivity contribution >= 4 is 33.6 Å². The van der Waals surface area contributed by atoms with Gasteiger partial charge in [-0.05, 0) is 55.2 Å². The Morgan fingerprint density at radius 2 is 1.85 bits per heavy atom. The highest BCUT2D eigenvalue weighted by Crippen LogP contribution is 2.22. The number of hydrogen-bond acceptors (Lipinski definition) is 1. The Kier molecular flexibility index (Phi) is 8.51. The lowest BCUT2D eigenvalue weighted by Crippen LogP contribution is -3.00. The molecule has 1 fully saturated rings. The molecule has 0 radical (unpaired) electrons. The van der Waals surface area contributed by atoms with Gasteiger partial charge in [-0.3, -0.25) is 4.79 Å². The Labute approximate surface area is 187 Å². The normalized spacial score (nSPS) is 15.9. The zero-order chi connectivity index (χ0) is 18.4. The van der Waals surface area contributed by atoms with E-state index in [1.54, 1.807) is 6.08 Å². The summed E-state index contributed by atoms with van der Waals surface area (Å²) in [7, 11) is 2.34. The van der Waals surface area contributed by atoms with Gasteiger partial charge in [-0.25, -0.2) is 0 Å². The van der Waals surface area contributed by atoms with Crippen molar-refractivity contribution in [1.29, 1.82) is 0 Å². The van der Waals surface area contributed by atoms with Crippen molar-refractivity contribution in [3.63, 3.8) is 0 Å². The minimum Gasteiger partial charge on any atom is -1.00 e. The Bertz CT molecular complexity index is 800. The third-order valence-corrected chi connectivity index (χ3v) is 5.42. The van der Waals surface area contributed by atoms with Gasteiger partial charge < -0.3 is 33.8 Å². The Morgan fingerprint density at radius 3 is 2.59 bits per heavy atom. The second-order valence-electron chi connectivity index (χ2n) is 7.36. The van der Waals surface area contributed by atoms with Gasteiger partial charge in [-0.15, -0.1) is 0 Å². The number of likely N-dealkylation sites (tertiary alicyclic amines) is 1. The van der Waals surface area contributed by atoms with Crippen LogP contribution in [-0.2, 0) is 11.3 Å². The van der Waals surface area contributed by atoms with Crippen molar-refractivity contribution in [2.24, 2.45) is 0 Å². The van der Waals surface area contributed by atoms with Gasteiger partial charge in [0.15, 0.2) is 0 Å². The number of quaternary nitrogens is 1. The molecule has 1 N–H and O–H groups in total. The monoisotopic (exact) mass is 540 g/mol. The summed E-state index contributed by atoms with van der Waals surface area (Å²) in [6.07, 6.45) is 7.38. The summed E-state index contributed by atoms with van der Waals surface area (Å²) >= 11 is 3.44. The average molecular weight is 541 g/mol. The number of benzene rings is 2. The summed E-state index contributed by atoms with van der Waals surface area (Å²) in [5, 5.41) is 2.97. The van der Waals surface area contributed by atoms with E-state index in [2.05, 4.69) is 40.4 Å². The van der Waals surface area contributed by atoms with E-state index in [-0.39, 0.29) is 29.9 Å². The molecule has 27 heavy (non-hydrogen) atoms. The largest absolute Gasteiger partial charge is 1.00 e. The molecule has 1 amide bonds. The highest BCUT2D eigenvalue weighted by molar-refractivity contribution is 9.10. The molecule has 1 heterocycles. The summed E-state index contributed by atoms with van der Waals surface area (Å²) in [5.41, 5.74) is 3.13. The number of carbonyl (C=O) groups is 1. The lowest BCUT2D eigenvalue weighted by atomic mass is 10.1. The number of rotatable bonds is 5.